The third-order valence-electron chi connectivity index (χ3n) is 4.26. The molecule has 3 N–H and O–H groups in total. The molecule has 21 heavy (non-hydrogen) atoms. The van der Waals surface area contributed by atoms with E-state index in [2.05, 4.69) is 28.8 Å². The molecule has 1 aromatic rings. The summed E-state index contributed by atoms with van der Waals surface area (Å²) in [7, 11) is -3.65. The Morgan fingerprint density at radius 1 is 1.43 bits per heavy atom. The fraction of sp³-hybridized carbons (Fsp3) is 0.786. The predicted molar refractivity (Wildman–Crippen MR) is 80.1 cm³/mol. The largest absolute Gasteiger partial charge is 0.392 e. The molecule has 0 amide bonds. The summed E-state index contributed by atoms with van der Waals surface area (Å²) in [6, 6.07) is 0. The van der Waals surface area contributed by atoms with Crippen molar-refractivity contribution < 1.29 is 13.5 Å². The van der Waals surface area contributed by atoms with Crippen LogP contribution in [-0.2, 0) is 16.6 Å². The first kappa shape index (κ1) is 16.5. The van der Waals surface area contributed by atoms with Gasteiger partial charge in [0.05, 0.1) is 12.8 Å². The van der Waals surface area contributed by atoms with E-state index in [0.29, 0.717) is 18.0 Å². The fourth-order valence-corrected chi connectivity index (χ4v) is 4.68. The highest BCUT2D eigenvalue weighted by Gasteiger charge is 2.36. The van der Waals surface area contributed by atoms with Crippen LogP contribution in [-0.4, -0.2) is 30.3 Å². The lowest BCUT2D eigenvalue weighted by Gasteiger charge is -2.31. The van der Waals surface area contributed by atoms with Crippen molar-refractivity contribution in [3.63, 3.8) is 0 Å². The van der Waals surface area contributed by atoms with Gasteiger partial charge in [0.25, 0.3) is 10.0 Å². The van der Waals surface area contributed by atoms with Gasteiger partial charge in [-0.2, -0.15) is 5.10 Å². The van der Waals surface area contributed by atoms with Gasteiger partial charge in [0, 0.05) is 12.1 Å². The van der Waals surface area contributed by atoms with Crippen LogP contribution in [0.2, 0.25) is 0 Å². The third-order valence-corrected chi connectivity index (χ3v) is 5.68. The minimum Gasteiger partial charge on any atom is -0.392 e. The molecule has 1 aromatic heterocycles. The van der Waals surface area contributed by atoms with Gasteiger partial charge >= 0.3 is 0 Å². The van der Waals surface area contributed by atoms with Crippen molar-refractivity contribution in [2.75, 3.05) is 6.54 Å². The Morgan fingerprint density at radius 3 is 2.67 bits per heavy atom. The van der Waals surface area contributed by atoms with E-state index in [1.54, 1.807) is 0 Å². The topological polar surface area (TPSA) is 95.1 Å². The van der Waals surface area contributed by atoms with Crippen molar-refractivity contribution in [2.45, 2.75) is 57.6 Å². The molecule has 2 rings (SSSR count). The summed E-state index contributed by atoms with van der Waals surface area (Å²) in [6.45, 7) is 4.46. The van der Waals surface area contributed by atoms with E-state index in [9.17, 15) is 8.42 Å². The summed E-state index contributed by atoms with van der Waals surface area (Å²) in [5.41, 5.74) is 0.368. The number of hydrogen-bond donors (Lipinski definition) is 3. The number of nitrogens with zero attached hydrogens (tertiary/aromatic N) is 1. The molecule has 1 aliphatic rings. The molecule has 0 aromatic carbocycles. The zero-order valence-electron chi connectivity index (χ0n) is 12.7. The van der Waals surface area contributed by atoms with Gasteiger partial charge in [-0.3, -0.25) is 5.10 Å². The van der Waals surface area contributed by atoms with E-state index in [1.165, 1.54) is 19.0 Å². The van der Waals surface area contributed by atoms with Gasteiger partial charge in [-0.25, -0.2) is 13.1 Å². The molecule has 0 aliphatic heterocycles. The van der Waals surface area contributed by atoms with Crippen molar-refractivity contribution >= 4 is 10.0 Å². The third kappa shape index (κ3) is 3.84. The lowest BCUT2D eigenvalue weighted by atomic mass is 9.79. The summed E-state index contributed by atoms with van der Waals surface area (Å²) >= 11 is 0. The van der Waals surface area contributed by atoms with Crippen LogP contribution in [0.3, 0.4) is 0 Å². The van der Waals surface area contributed by atoms with E-state index in [-0.39, 0.29) is 17.0 Å². The maximum absolute atomic E-state index is 12.4. The lowest BCUT2D eigenvalue weighted by Crippen LogP contribution is -2.37. The van der Waals surface area contributed by atoms with Crippen LogP contribution in [0, 0.1) is 11.3 Å². The van der Waals surface area contributed by atoms with Crippen LogP contribution >= 0.6 is 0 Å². The van der Waals surface area contributed by atoms with E-state index < -0.39 is 10.0 Å². The summed E-state index contributed by atoms with van der Waals surface area (Å²) < 4.78 is 27.4. The predicted octanol–water partition coefficient (Wildman–Crippen LogP) is 1.79. The number of aliphatic hydroxyl groups excluding tert-OH is 1. The molecule has 7 heteroatoms. The van der Waals surface area contributed by atoms with Crippen molar-refractivity contribution in [1.82, 2.24) is 14.9 Å². The fourth-order valence-electron chi connectivity index (χ4n) is 3.41. The highest BCUT2D eigenvalue weighted by molar-refractivity contribution is 7.89. The summed E-state index contributed by atoms with van der Waals surface area (Å²) in [5.74, 6) is 0.549. The van der Waals surface area contributed by atoms with Gasteiger partial charge in [-0.15, -0.1) is 0 Å². The molecular formula is C14H25N3O3S. The Labute approximate surface area is 126 Å². The summed E-state index contributed by atoms with van der Waals surface area (Å²) in [5, 5.41) is 15.3. The van der Waals surface area contributed by atoms with Gasteiger partial charge in [0.15, 0.2) is 5.03 Å². The summed E-state index contributed by atoms with van der Waals surface area (Å²) in [6.07, 6.45) is 6.85. The number of sulfonamides is 1. The van der Waals surface area contributed by atoms with E-state index >= 15 is 0 Å². The molecule has 0 radical (unpaired) electrons. The number of H-pyrrole nitrogens is 1. The molecule has 6 nitrogen and oxygen atoms in total. The number of nitrogens with one attached hydrogen (secondary N) is 2. The highest BCUT2D eigenvalue weighted by Crippen LogP contribution is 2.42. The summed E-state index contributed by atoms with van der Waals surface area (Å²) in [4.78, 5) is 0. The normalized spacial score (nSPS) is 18.5. The maximum Gasteiger partial charge on any atom is 0.257 e. The van der Waals surface area contributed by atoms with Crippen molar-refractivity contribution in [3.05, 3.63) is 11.8 Å². The van der Waals surface area contributed by atoms with Crippen LogP contribution in [0.25, 0.3) is 0 Å². The number of rotatable bonds is 7. The second-order valence-corrected chi connectivity index (χ2v) is 8.22. The highest BCUT2D eigenvalue weighted by atomic mass is 32.2. The zero-order valence-corrected chi connectivity index (χ0v) is 13.5. The van der Waals surface area contributed by atoms with Gasteiger partial charge in [-0.1, -0.05) is 26.7 Å². The Bertz CT molecular complexity index is 560. The Kier molecular flexibility index (Phi) is 5.06. The number of aliphatic hydroxyl groups is 1. The van der Waals surface area contributed by atoms with Crippen LogP contribution < -0.4 is 4.72 Å². The lowest BCUT2D eigenvalue weighted by molar-refractivity contribution is 0.236. The molecule has 120 valence electrons. The van der Waals surface area contributed by atoms with Gasteiger partial charge in [-0.05, 0) is 30.6 Å². The molecule has 0 spiro atoms. The molecule has 0 unspecified atom stereocenters. The number of hydrogen-bond acceptors (Lipinski definition) is 4. The minimum atomic E-state index is -3.65. The van der Waals surface area contributed by atoms with Gasteiger partial charge in [0.1, 0.15) is 0 Å². The second-order valence-electron chi connectivity index (χ2n) is 6.51. The van der Waals surface area contributed by atoms with Crippen LogP contribution in [0.5, 0.6) is 0 Å². The first-order valence-electron chi connectivity index (χ1n) is 7.51. The van der Waals surface area contributed by atoms with Crippen LogP contribution in [0.15, 0.2) is 11.2 Å². The molecule has 0 bridgehead atoms. The van der Waals surface area contributed by atoms with Gasteiger partial charge in [0.2, 0.25) is 0 Å². The van der Waals surface area contributed by atoms with Gasteiger partial charge < -0.3 is 5.11 Å². The monoisotopic (exact) mass is 315 g/mol. The number of aromatic nitrogens is 2. The molecule has 1 saturated carbocycles. The van der Waals surface area contributed by atoms with E-state index in [4.69, 9.17) is 5.11 Å². The van der Waals surface area contributed by atoms with Crippen molar-refractivity contribution in [1.29, 1.82) is 0 Å². The standard InChI is InChI=1S/C14H25N3O3S/c1-11(2)7-14(5-3-4-6-14)10-16-21(19,20)13-12(9-18)8-15-17-13/h8,11,16,18H,3-7,9-10H2,1-2H3,(H,15,17). The van der Waals surface area contributed by atoms with Crippen LogP contribution in [0.4, 0.5) is 0 Å². The minimum absolute atomic E-state index is 0.0253. The zero-order chi connectivity index (χ0) is 15.5. The second kappa shape index (κ2) is 6.46. The Morgan fingerprint density at radius 2 is 2.10 bits per heavy atom. The molecule has 1 fully saturated rings. The van der Waals surface area contributed by atoms with Crippen LogP contribution in [0.1, 0.15) is 51.5 Å². The van der Waals surface area contributed by atoms with E-state index in [1.807, 2.05) is 0 Å². The first-order chi connectivity index (χ1) is 9.88. The van der Waals surface area contributed by atoms with E-state index in [0.717, 1.165) is 19.3 Å². The molecule has 0 saturated heterocycles. The average molecular weight is 315 g/mol. The molecule has 0 atom stereocenters. The molecule has 1 aliphatic carbocycles. The molecular weight excluding hydrogens is 290 g/mol. The smallest absolute Gasteiger partial charge is 0.257 e. The Balaban J connectivity index is 2.10. The quantitative estimate of drug-likeness (QED) is 0.715. The first-order valence-corrected chi connectivity index (χ1v) is 9.00. The molecule has 1 heterocycles. The Hall–Kier alpha value is -0.920. The number of aromatic amines is 1. The average Bonchev–Trinajstić information content (AvgIpc) is 3.05. The SMILES string of the molecule is CC(C)CC1(CNS(=O)(=O)c2[nH]ncc2CO)CCCC1. The van der Waals surface area contributed by atoms with Crippen molar-refractivity contribution in [3.8, 4) is 0 Å². The van der Waals surface area contributed by atoms with Crippen molar-refractivity contribution in [2.24, 2.45) is 11.3 Å². The maximum atomic E-state index is 12.4.